The average Bonchev–Trinajstić information content (AvgIpc) is 3.44. The van der Waals surface area contributed by atoms with Crippen LogP contribution in [0.15, 0.2) is 36.7 Å². The first-order chi connectivity index (χ1) is 18.3. The number of benzene rings is 1. The highest BCUT2D eigenvalue weighted by atomic mass is 35.5. The average molecular weight is 552 g/mol. The number of aromatic nitrogens is 4. The fourth-order valence-electron chi connectivity index (χ4n) is 3.91. The molecule has 14 heteroatoms. The number of hydrogen-bond donors (Lipinski definition) is 2. The van der Waals surface area contributed by atoms with Gasteiger partial charge in [-0.2, -0.15) is 9.97 Å². The summed E-state index contributed by atoms with van der Waals surface area (Å²) in [6.07, 6.45) is -6.54. The Bertz CT molecular complexity index is 1250. The van der Waals surface area contributed by atoms with Crippen LogP contribution in [0.2, 0.25) is 5.28 Å². The van der Waals surface area contributed by atoms with E-state index in [0.29, 0.717) is 17.9 Å². The van der Waals surface area contributed by atoms with Gasteiger partial charge in [-0.05, 0) is 31.0 Å². The van der Waals surface area contributed by atoms with Crippen molar-refractivity contribution in [1.82, 2.24) is 19.5 Å². The summed E-state index contributed by atoms with van der Waals surface area (Å²) in [5, 5.41) is 13.5. The van der Waals surface area contributed by atoms with Gasteiger partial charge in [0.05, 0.1) is 26.1 Å². The van der Waals surface area contributed by atoms with Crippen molar-refractivity contribution in [2.24, 2.45) is 0 Å². The summed E-state index contributed by atoms with van der Waals surface area (Å²) < 4.78 is 37.3. The summed E-state index contributed by atoms with van der Waals surface area (Å²) in [4.78, 5) is 37.0. The second-order valence-electron chi connectivity index (χ2n) is 8.22. The highest BCUT2D eigenvalue weighted by Gasteiger charge is 2.47. The Kier molecular flexibility index (Phi) is 9.05. The zero-order chi connectivity index (χ0) is 27.2. The summed E-state index contributed by atoms with van der Waals surface area (Å²) in [6.45, 7) is 3.09. The van der Waals surface area contributed by atoms with Gasteiger partial charge in [0, 0.05) is 6.54 Å². The summed E-state index contributed by atoms with van der Waals surface area (Å²) >= 11 is 6.14. The van der Waals surface area contributed by atoms with Crippen LogP contribution in [-0.4, -0.2) is 80.9 Å². The van der Waals surface area contributed by atoms with Crippen molar-refractivity contribution >= 4 is 40.5 Å². The molecule has 0 spiro atoms. The van der Waals surface area contributed by atoms with Crippen molar-refractivity contribution in [3.8, 4) is 0 Å². The van der Waals surface area contributed by atoms with E-state index in [9.17, 15) is 14.7 Å². The molecule has 0 aliphatic carbocycles. The standard InChI is InChI=1S/C24H27ClFN5O7/c1-3-35-22(33)18(23(34)36-4-2)37-11-14-17(32)15(26)21(38-14)31-12-28-16-19(29-24(25)30-20(16)31)27-10-13-8-6-5-7-9-13/h5-9,12,14-15,17-18,21,32H,3-4,10-11H2,1-2H3,(H,27,29,30)/t14-,15+,17-,21-/m1/s1. The second kappa shape index (κ2) is 12.4. The molecule has 1 aliphatic heterocycles. The van der Waals surface area contributed by atoms with E-state index < -0.39 is 49.3 Å². The monoisotopic (exact) mass is 551 g/mol. The number of aliphatic hydroxyl groups excluding tert-OH is 1. The van der Waals surface area contributed by atoms with E-state index in [1.54, 1.807) is 13.8 Å². The molecule has 12 nitrogen and oxygen atoms in total. The molecule has 0 unspecified atom stereocenters. The van der Waals surface area contributed by atoms with E-state index in [-0.39, 0.29) is 24.1 Å². The number of esters is 2. The predicted molar refractivity (Wildman–Crippen MR) is 132 cm³/mol. The maximum atomic E-state index is 15.2. The number of aliphatic hydroxyl groups is 1. The number of ether oxygens (including phenoxy) is 4. The molecule has 3 aromatic rings. The molecule has 3 heterocycles. The minimum Gasteiger partial charge on any atom is -0.464 e. The Morgan fingerprint density at radius 2 is 1.87 bits per heavy atom. The number of nitrogens with zero attached hydrogens (tertiary/aromatic N) is 4. The molecule has 1 aromatic carbocycles. The lowest BCUT2D eigenvalue weighted by atomic mass is 10.1. The highest BCUT2D eigenvalue weighted by Crippen LogP contribution is 2.35. The number of nitrogens with one attached hydrogen (secondary N) is 1. The quantitative estimate of drug-likeness (QED) is 0.205. The van der Waals surface area contributed by atoms with Gasteiger partial charge in [-0.1, -0.05) is 30.3 Å². The van der Waals surface area contributed by atoms with E-state index in [1.165, 1.54) is 10.9 Å². The largest absolute Gasteiger partial charge is 0.464 e. The van der Waals surface area contributed by atoms with Crippen LogP contribution >= 0.6 is 11.6 Å². The van der Waals surface area contributed by atoms with Crippen LogP contribution in [0.1, 0.15) is 25.6 Å². The van der Waals surface area contributed by atoms with Gasteiger partial charge in [-0.25, -0.2) is 19.0 Å². The Morgan fingerprint density at radius 3 is 2.53 bits per heavy atom. The molecule has 4 rings (SSSR count). The number of alkyl halides is 1. The Balaban J connectivity index is 1.51. The number of imidazole rings is 1. The van der Waals surface area contributed by atoms with Crippen LogP contribution in [0.5, 0.6) is 0 Å². The van der Waals surface area contributed by atoms with Gasteiger partial charge >= 0.3 is 11.9 Å². The molecule has 0 amide bonds. The summed E-state index contributed by atoms with van der Waals surface area (Å²) in [7, 11) is 0. The number of rotatable bonds is 11. The lowest BCUT2D eigenvalue weighted by Crippen LogP contribution is -2.40. The van der Waals surface area contributed by atoms with Crippen LogP contribution in [0.4, 0.5) is 10.2 Å². The fourth-order valence-corrected chi connectivity index (χ4v) is 4.07. The SMILES string of the molecule is CCOC(=O)C(OC[C@H]1O[C@@H](n2cnc3c(NCc4ccccc4)nc(Cl)nc32)[C@@H](F)[C@@H]1O)C(=O)OCC. The smallest absolute Gasteiger partial charge is 0.347 e. The van der Waals surface area contributed by atoms with Crippen molar-refractivity contribution in [3.05, 3.63) is 47.5 Å². The van der Waals surface area contributed by atoms with Gasteiger partial charge in [0.1, 0.15) is 12.2 Å². The Labute approximate surface area is 222 Å². The number of halogens is 2. The van der Waals surface area contributed by atoms with Gasteiger partial charge in [-0.3, -0.25) is 4.57 Å². The second-order valence-corrected chi connectivity index (χ2v) is 8.56. The van der Waals surface area contributed by atoms with E-state index in [0.717, 1.165) is 5.56 Å². The number of hydrogen-bond acceptors (Lipinski definition) is 11. The zero-order valence-corrected chi connectivity index (χ0v) is 21.4. The molecule has 38 heavy (non-hydrogen) atoms. The Morgan fingerprint density at radius 1 is 1.18 bits per heavy atom. The van der Waals surface area contributed by atoms with Crippen LogP contribution in [-0.2, 0) is 35.1 Å². The molecule has 1 aliphatic rings. The molecular weight excluding hydrogens is 525 g/mol. The van der Waals surface area contributed by atoms with E-state index in [4.69, 9.17) is 30.5 Å². The van der Waals surface area contributed by atoms with Gasteiger partial charge in [0.25, 0.3) is 6.10 Å². The predicted octanol–water partition coefficient (Wildman–Crippen LogP) is 2.20. The molecule has 1 fully saturated rings. The Hall–Kier alpha value is -3.39. The van der Waals surface area contributed by atoms with Crippen molar-refractivity contribution in [2.45, 2.75) is 51.1 Å². The molecule has 4 atom stereocenters. The molecule has 1 saturated heterocycles. The number of carbonyl (C=O) groups excluding carboxylic acids is 2. The van der Waals surface area contributed by atoms with Gasteiger partial charge in [0.15, 0.2) is 29.4 Å². The third-order valence-corrected chi connectivity index (χ3v) is 5.86. The van der Waals surface area contributed by atoms with Crippen LogP contribution < -0.4 is 5.32 Å². The first kappa shape index (κ1) is 27.6. The maximum absolute atomic E-state index is 15.2. The topological polar surface area (TPSA) is 147 Å². The van der Waals surface area contributed by atoms with Crippen LogP contribution in [0, 0.1) is 0 Å². The molecule has 0 radical (unpaired) electrons. The lowest BCUT2D eigenvalue weighted by Gasteiger charge is -2.19. The summed E-state index contributed by atoms with van der Waals surface area (Å²) in [5.74, 6) is -1.59. The molecule has 2 aromatic heterocycles. The first-order valence-corrected chi connectivity index (χ1v) is 12.3. The fraction of sp³-hybridized carbons (Fsp3) is 0.458. The minimum absolute atomic E-state index is 0.00952. The van der Waals surface area contributed by atoms with Crippen molar-refractivity contribution < 1.29 is 38.0 Å². The molecule has 0 bridgehead atoms. The van der Waals surface area contributed by atoms with Crippen molar-refractivity contribution in [2.75, 3.05) is 25.1 Å². The number of fused-ring (bicyclic) bond motifs is 1. The van der Waals surface area contributed by atoms with Crippen LogP contribution in [0.25, 0.3) is 11.2 Å². The third-order valence-electron chi connectivity index (χ3n) is 5.69. The minimum atomic E-state index is -1.92. The van der Waals surface area contributed by atoms with Crippen LogP contribution in [0.3, 0.4) is 0 Å². The molecular formula is C24H27ClFN5O7. The van der Waals surface area contributed by atoms with Crippen molar-refractivity contribution in [1.29, 1.82) is 0 Å². The molecule has 0 saturated carbocycles. The summed E-state index contributed by atoms with van der Waals surface area (Å²) in [5.41, 5.74) is 1.49. The molecule has 2 N–H and O–H groups in total. The lowest BCUT2D eigenvalue weighted by molar-refractivity contribution is -0.177. The van der Waals surface area contributed by atoms with E-state index in [1.807, 2.05) is 30.3 Å². The van der Waals surface area contributed by atoms with E-state index in [2.05, 4.69) is 20.3 Å². The van der Waals surface area contributed by atoms with Gasteiger partial charge < -0.3 is 29.4 Å². The number of anilines is 1. The van der Waals surface area contributed by atoms with Gasteiger partial charge in [-0.15, -0.1) is 0 Å². The van der Waals surface area contributed by atoms with Gasteiger partial charge in [0.2, 0.25) is 5.28 Å². The molecule has 204 valence electrons. The normalized spacial score (nSPS) is 21.1. The zero-order valence-electron chi connectivity index (χ0n) is 20.6. The maximum Gasteiger partial charge on any atom is 0.347 e. The summed E-state index contributed by atoms with van der Waals surface area (Å²) in [6, 6.07) is 9.58. The first-order valence-electron chi connectivity index (χ1n) is 11.9. The van der Waals surface area contributed by atoms with Crippen molar-refractivity contribution in [3.63, 3.8) is 0 Å². The van der Waals surface area contributed by atoms with E-state index >= 15 is 4.39 Å². The third kappa shape index (κ3) is 6.01. The number of carbonyl (C=O) groups is 2. The highest BCUT2D eigenvalue weighted by molar-refractivity contribution is 6.28.